The van der Waals surface area contributed by atoms with Crippen LogP contribution >= 0.6 is 0 Å². The van der Waals surface area contributed by atoms with Crippen LogP contribution in [0.3, 0.4) is 0 Å². The molecule has 0 amide bonds. The number of sulfonamides is 1. The minimum Gasteiger partial charge on any atom is -0.380 e. The highest BCUT2D eigenvalue weighted by molar-refractivity contribution is 7.89. The zero-order valence-electron chi connectivity index (χ0n) is 8.80. The Morgan fingerprint density at radius 1 is 1.12 bits per heavy atom. The molecule has 1 aromatic carbocycles. The highest BCUT2D eigenvalue weighted by Crippen LogP contribution is 2.40. The standard InChI is InChI=1S/C11H13NO3S/c13-16(14,10-4-2-1-3-5-10)12-6-11(7-12)8-15-9-11/h1-5H,6-9H2. The summed E-state index contributed by atoms with van der Waals surface area (Å²) in [6.07, 6.45) is 0. The molecule has 2 saturated heterocycles. The quantitative estimate of drug-likeness (QED) is 0.763. The first-order valence-corrected chi connectivity index (χ1v) is 6.69. The number of rotatable bonds is 2. The lowest BCUT2D eigenvalue weighted by atomic mass is 9.80. The summed E-state index contributed by atoms with van der Waals surface area (Å²) in [5, 5.41) is 0. The Bertz CT molecular complexity index is 485. The molecule has 2 heterocycles. The average molecular weight is 239 g/mol. The maximum absolute atomic E-state index is 12.1. The summed E-state index contributed by atoms with van der Waals surface area (Å²) < 4.78 is 30.9. The predicted molar refractivity (Wildman–Crippen MR) is 58.5 cm³/mol. The van der Waals surface area contributed by atoms with E-state index in [-0.39, 0.29) is 5.41 Å². The van der Waals surface area contributed by atoms with Crippen LogP contribution in [0.4, 0.5) is 0 Å². The van der Waals surface area contributed by atoms with E-state index in [2.05, 4.69) is 0 Å². The van der Waals surface area contributed by atoms with E-state index in [9.17, 15) is 8.42 Å². The van der Waals surface area contributed by atoms with Gasteiger partial charge in [-0.25, -0.2) is 8.42 Å². The van der Waals surface area contributed by atoms with E-state index in [0.717, 1.165) is 0 Å². The Morgan fingerprint density at radius 2 is 1.75 bits per heavy atom. The molecule has 86 valence electrons. The molecule has 16 heavy (non-hydrogen) atoms. The Morgan fingerprint density at radius 3 is 2.25 bits per heavy atom. The van der Waals surface area contributed by atoms with E-state index in [1.54, 1.807) is 24.3 Å². The van der Waals surface area contributed by atoms with Crippen LogP contribution in [-0.2, 0) is 14.8 Å². The normalized spacial score (nSPS) is 23.8. The van der Waals surface area contributed by atoms with Gasteiger partial charge in [0.05, 0.1) is 18.1 Å². The van der Waals surface area contributed by atoms with Crippen LogP contribution in [0, 0.1) is 5.41 Å². The topological polar surface area (TPSA) is 46.6 Å². The fourth-order valence-corrected chi connectivity index (χ4v) is 3.87. The number of hydrogen-bond donors (Lipinski definition) is 0. The van der Waals surface area contributed by atoms with E-state index >= 15 is 0 Å². The zero-order chi connectivity index (χ0) is 11.2. The van der Waals surface area contributed by atoms with Crippen LogP contribution in [-0.4, -0.2) is 39.0 Å². The van der Waals surface area contributed by atoms with Crippen LogP contribution in [0.1, 0.15) is 0 Å². The van der Waals surface area contributed by atoms with Gasteiger partial charge in [-0.15, -0.1) is 0 Å². The minimum absolute atomic E-state index is 0.127. The van der Waals surface area contributed by atoms with Gasteiger partial charge in [0.15, 0.2) is 0 Å². The van der Waals surface area contributed by atoms with E-state index < -0.39 is 10.0 Å². The van der Waals surface area contributed by atoms with Gasteiger partial charge in [-0.3, -0.25) is 0 Å². The molecule has 4 nitrogen and oxygen atoms in total. The monoisotopic (exact) mass is 239 g/mol. The summed E-state index contributed by atoms with van der Waals surface area (Å²) >= 11 is 0. The second-order valence-electron chi connectivity index (χ2n) is 4.58. The van der Waals surface area contributed by atoms with Crippen molar-refractivity contribution in [3.05, 3.63) is 30.3 Å². The maximum atomic E-state index is 12.1. The summed E-state index contributed by atoms with van der Waals surface area (Å²) in [5.41, 5.74) is 0.127. The Kier molecular flexibility index (Phi) is 2.11. The SMILES string of the molecule is O=S(=O)(c1ccccc1)N1CC2(COC2)C1. The van der Waals surface area contributed by atoms with E-state index in [1.807, 2.05) is 6.07 Å². The van der Waals surface area contributed by atoms with Crippen molar-refractivity contribution < 1.29 is 13.2 Å². The molecule has 2 aliphatic heterocycles. The van der Waals surface area contributed by atoms with Crippen LogP contribution in [0.5, 0.6) is 0 Å². The maximum Gasteiger partial charge on any atom is 0.243 e. The van der Waals surface area contributed by atoms with E-state index in [1.165, 1.54) is 4.31 Å². The third kappa shape index (κ3) is 1.39. The molecular formula is C11H13NO3S. The second-order valence-corrected chi connectivity index (χ2v) is 6.52. The Labute approximate surface area is 94.9 Å². The molecule has 1 spiro atoms. The van der Waals surface area contributed by atoms with E-state index in [0.29, 0.717) is 31.2 Å². The largest absolute Gasteiger partial charge is 0.380 e. The molecule has 0 N–H and O–H groups in total. The fourth-order valence-electron chi connectivity index (χ4n) is 2.19. The van der Waals surface area contributed by atoms with Gasteiger partial charge in [0, 0.05) is 18.5 Å². The van der Waals surface area contributed by atoms with Gasteiger partial charge in [0.1, 0.15) is 0 Å². The van der Waals surface area contributed by atoms with Crippen molar-refractivity contribution in [1.82, 2.24) is 4.31 Å². The van der Waals surface area contributed by atoms with E-state index in [4.69, 9.17) is 4.74 Å². The Hall–Kier alpha value is -0.910. The number of benzene rings is 1. The minimum atomic E-state index is -3.27. The molecule has 1 aromatic rings. The fraction of sp³-hybridized carbons (Fsp3) is 0.455. The second kappa shape index (κ2) is 3.29. The molecule has 5 heteroatoms. The summed E-state index contributed by atoms with van der Waals surface area (Å²) in [6, 6.07) is 8.58. The lowest BCUT2D eigenvalue weighted by Crippen LogP contribution is -2.66. The first-order valence-electron chi connectivity index (χ1n) is 5.25. The average Bonchev–Trinajstić information content (AvgIpc) is 2.14. The van der Waals surface area contributed by atoms with Gasteiger partial charge in [-0.1, -0.05) is 18.2 Å². The van der Waals surface area contributed by atoms with Crippen LogP contribution in [0.15, 0.2) is 35.2 Å². The molecule has 2 fully saturated rings. The smallest absolute Gasteiger partial charge is 0.243 e. The molecule has 0 unspecified atom stereocenters. The molecule has 3 rings (SSSR count). The number of hydrogen-bond acceptors (Lipinski definition) is 3. The third-order valence-corrected chi connectivity index (χ3v) is 5.03. The van der Waals surface area contributed by atoms with Gasteiger partial charge < -0.3 is 4.74 Å². The van der Waals surface area contributed by atoms with Crippen molar-refractivity contribution in [2.24, 2.45) is 5.41 Å². The van der Waals surface area contributed by atoms with Crippen molar-refractivity contribution in [3.63, 3.8) is 0 Å². The van der Waals surface area contributed by atoms with Crippen molar-refractivity contribution >= 4 is 10.0 Å². The third-order valence-electron chi connectivity index (χ3n) is 3.22. The number of nitrogens with zero attached hydrogens (tertiary/aromatic N) is 1. The van der Waals surface area contributed by atoms with Crippen LogP contribution in [0.2, 0.25) is 0 Å². The summed E-state index contributed by atoms with van der Waals surface area (Å²) in [5.74, 6) is 0. The van der Waals surface area contributed by atoms with Gasteiger partial charge in [-0.05, 0) is 12.1 Å². The predicted octanol–water partition coefficient (Wildman–Crippen LogP) is 0.708. The molecule has 0 atom stereocenters. The summed E-state index contributed by atoms with van der Waals surface area (Å²) in [6.45, 7) is 2.61. The van der Waals surface area contributed by atoms with Gasteiger partial charge >= 0.3 is 0 Å². The highest BCUT2D eigenvalue weighted by atomic mass is 32.2. The van der Waals surface area contributed by atoms with Gasteiger partial charge in [-0.2, -0.15) is 4.31 Å². The molecule has 0 aliphatic carbocycles. The molecule has 2 aliphatic rings. The van der Waals surface area contributed by atoms with Crippen molar-refractivity contribution in [3.8, 4) is 0 Å². The molecule has 0 aromatic heterocycles. The zero-order valence-corrected chi connectivity index (χ0v) is 9.61. The van der Waals surface area contributed by atoms with Crippen LogP contribution in [0.25, 0.3) is 0 Å². The lowest BCUT2D eigenvalue weighted by molar-refractivity contribution is -0.166. The van der Waals surface area contributed by atoms with Gasteiger partial charge in [0.25, 0.3) is 0 Å². The number of ether oxygens (including phenoxy) is 1. The molecule has 0 saturated carbocycles. The van der Waals surface area contributed by atoms with Crippen molar-refractivity contribution in [2.75, 3.05) is 26.3 Å². The first-order chi connectivity index (χ1) is 7.62. The Balaban J connectivity index is 1.80. The van der Waals surface area contributed by atoms with Crippen molar-refractivity contribution in [1.29, 1.82) is 0 Å². The molecular weight excluding hydrogens is 226 g/mol. The first kappa shape index (κ1) is 10.3. The molecule has 0 bridgehead atoms. The van der Waals surface area contributed by atoms with Crippen LogP contribution < -0.4 is 0 Å². The summed E-state index contributed by atoms with van der Waals surface area (Å²) in [4.78, 5) is 0.380. The van der Waals surface area contributed by atoms with Crippen molar-refractivity contribution in [2.45, 2.75) is 4.90 Å². The highest BCUT2D eigenvalue weighted by Gasteiger charge is 2.53. The van der Waals surface area contributed by atoms with Gasteiger partial charge in [0.2, 0.25) is 10.0 Å². The lowest BCUT2D eigenvalue weighted by Gasteiger charge is -2.53. The molecule has 0 radical (unpaired) electrons. The summed E-state index contributed by atoms with van der Waals surface area (Å²) in [7, 11) is -3.27.